The quantitative estimate of drug-likeness (QED) is 0.437. The summed E-state index contributed by atoms with van der Waals surface area (Å²) in [5.41, 5.74) is 0.534. The van der Waals surface area contributed by atoms with Crippen LogP contribution in [-0.2, 0) is 30.2 Å². The first-order valence-corrected chi connectivity index (χ1v) is 9.11. The van der Waals surface area contributed by atoms with Gasteiger partial charge in [-0.1, -0.05) is 12.1 Å². The Hall–Kier alpha value is -3.62. The summed E-state index contributed by atoms with van der Waals surface area (Å²) in [5.74, 6) is 0.270. The van der Waals surface area contributed by atoms with Crippen LogP contribution in [0.5, 0.6) is 5.75 Å². The maximum absolute atomic E-state index is 12.4. The molecule has 152 valence electrons. The van der Waals surface area contributed by atoms with Crippen molar-refractivity contribution in [3.63, 3.8) is 0 Å². The largest absolute Gasteiger partial charge is 0.494 e. The zero-order valence-electron chi connectivity index (χ0n) is 16.5. The molecule has 0 saturated carbocycles. The molecule has 9 heteroatoms. The minimum Gasteiger partial charge on any atom is -0.494 e. The van der Waals surface area contributed by atoms with Crippen molar-refractivity contribution in [3.8, 4) is 5.75 Å². The zero-order chi connectivity index (χ0) is 21.0. The van der Waals surface area contributed by atoms with E-state index in [2.05, 4.69) is 4.98 Å². The van der Waals surface area contributed by atoms with Gasteiger partial charge in [-0.05, 0) is 30.7 Å². The summed E-state index contributed by atoms with van der Waals surface area (Å²) in [4.78, 5) is 40.4. The molecule has 0 bridgehead atoms. The van der Waals surface area contributed by atoms with Crippen molar-refractivity contribution in [3.05, 3.63) is 63.1 Å². The van der Waals surface area contributed by atoms with Gasteiger partial charge >= 0.3 is 11.7 Å². The Morgan fingerprint density at radius 1 is 1.14 bits per heavy atom. The van der Waals surface area contributed by atoms with Crippen LogP contribution in [0.2, 0.25) is 0 Å². The second-order valence-electron chi connectivity index (χ2n) is 6.32. The molecule has 0 atom stereocenters. The van der Waals surface area contributed by atoms with Crippen molar-refractivity contribution in [1.82, 2.24) is 18.7 Å². The van der Waals surface area contributed by atoms with Gasteiger partial charge in [-0.2, -0.15) is 0 Å². The van der Waals surface area contributed by atoms with E-state index in [0.717, 1.165) is 15.9 Å². The summed E-state index contributed by atoms with van der Waals surface area (Å²) in [5, 5.41) is 0. The number of nitrogens with zero attached hydrogens (tertiary/aromatic N) is 4. The van der Waals surface area contributed by atoms with Crippen LogP contribution in [0.15, 0.2) is 46.3 Å². The van der Waals surface area contributed by atoms with Gasteiger partial charge in [-0.15, -0.1) is 0 Å². The lowest BCUT2D eigenvalue weighted by Crippen LogP contribution is -2.37. The Labute approximate surface area is 166 Å². The molecule has 0 saturated heterocycles. The molecule has 2 aromatic heterocycles. The van der Waals surface area contributed by atoms with Crippen LogP contribution in [0, 0.1) is 0 Å². The predicted molar refractivity (Wildman–Crippen MR) is 108 cm³/mol. The number of ether oxygens (including phenoxy) is 2. The fraction of sp³-hybridized carbons (Fsp3) is 0.300. The minimum absolute atomic E-state index is 0.0594. The van der Waals surface area contributed by atoms with Crippen molar-refractivity contribution in [1.29, 1.82) is 0 Å². The van der Waals surface area contributed by atoms with E-state index < -0.39 is 17.2 Å². The molecule has 29 heavy (non-hydrogen) atoms. The van der Waals surface area contributed by atoms with Gasteiger partial charge in [0.25, 0.3) is 5.56 Å². The first-order valence-electron chi connectivity index (χ1n) is 9.11. The van der Waals surface area contributed by atoms with Crippen molar-refractivity contribution in [2.45, 2.75) is 13.5 Å². The van der Waals surface area contributed by atoms with Gasteiger partial charge in [0.15, 0.2) is 11.2 Å². The number of fused-ring (bicyclic) bond motifs is 1. The van der Waals surface area contributed by atoms with Crippen molar-refractivity contribution in [2.24, 2.45) is 14.1 Å². The summed E-state index contributed by atoms with van der Waals surface area (Å²) in [6.45, 7) is 2.81. The normalized spacial score (nSPS) is 11.3. The minimum atomic E-state index is -0.497. The van der Waals surface area contributed by atoms with E-state index in [1.165, 1.54) is 24.0 Å². The SMILES string of the molecule is CCOc1ccc(C=CC(=O)OCCn2cnc3c2c(=O)n(C)c(=O)n3C)cc1. The van der Waals surface area contributed by atoms with Gasteiger partial charge in [-0.3, -0.25) is 13.9 Å². The maximum Gasteiger partial charge on any atom is 0.332 e. The second kappa shape index (κ2) is 8.59. The molecule has 0 aliphatic rings. The molecule has 0 N–H and O–H groups in total. The molecule has 1 aromatic carbocycles. The molecular weight excluding hydrogens is 376 g/mol. The lowest BCUT2D eigenvalue weighted by molar-refractivity contribution is -0.137. The molecule has 0 unspecified atom stereocenters. The number of esters is 1. The van der Waals surface area contributed by atoms with Crippen LogP contribution in [0.3, 0.4) is 0 Å². The van der Waals surface area contributed by atoms with E-state index in [-0.39, 0.29) is 18.7 Å². The topological polar surface area (TPSA) is 97.3 Å². The Kier molecular flexibility index (Phi) is 5.96. The van der Waals surface area contributed by atoms with Gasteiger partial charge in [-0.25, -0.2) is 14.6 Å². The molecule has 0 amide bonds. The molecule has 9 nitrogen and oxygen atoms in total. The highest BCUT2D eigenvalue weighted by atomic mass is 16.5. The lowest BCUT2D eigenvalue weighted by atomic mass is 10.2. The third-order valence-electron chi connectivity index (χ3n) is 4.40. The molecule has 0 radical (unpaired) electrons. The number of aromatic nitrogens is 4. The van der Waals surface area contributed by atoms with Crippen LogP contribution in [0.1, 0.15) is 12.5 Å². The van der Waals surface area contributed by atoms with Crippen LogP contribution >= 0.6 is 0 Å². The summed E-state index contributed by atoms with van der Waals surface area (Å²) in [6.07, 6.45) is 4.44. The second-order valence-corrected chi connectivity index (χ2v) is 6.32. The van der Waals surface area contributed by atoms with Crippen molar-refractivity contribution < 1.29 is 14.3 Å². The number of carbonyl (C=O) groups excluding carboxylic acids is 1. The number of imidazole rings is 1. The summed E-state index contributed by atoms with van der Waals surface area (Å²) in [6, 6.07) is 7.33. The fourth-order valence-corrected chi connectivity index (χ4v) is 2.87. The fourth-order valence-electron chi connectivity index (χ4n) is 2.87. The Balaban J connectivity index is 1.62. The van der Waals surface area contributed by atoms with E-state index >= 15 is 0 Å². The molecular formula is C20H22N4O5. The molecule has 3 aromatic rings. The van der Waals surface area contributed by atoms with Gasteiger partial charge in [0.1, 0.15) is 12.4 Å². The Morgan fingerprint density at radius 2 is 1.86 bits per heavy atom. The van der Waals surface area contributed by atoms with Crippen LogP contribution in [-0.4, -0.2) is 37.9 Å². The number of hydrogen-bond acceptors (Lipinski definition) is 6. The lowest BCUT2D eigenvalue weighted by Gasteiger charge is -2.07. The average Bonchev–Trinajstić information content (AvgIpc) is 3.14. The highest BCUT2D eigenvalue weighted by Crippen LogP contribution is 2.13. The van der Waals surface area contributed by atoms with Crippen molar-refractivity contribution in [2.75, 3.05) is 13.2 Å². The zero-order valence-corrected chi connectivity index (χ0v) is 16.5. The number of carbonyl (C=O) groups is 1. The molecule has 0 fully saturated rings. The smallest absolute Gasteiger partial charge is 0.332 e. The molecule has 3 rings (SSSR count). The van der Waals surface area contributed by atoms with E-state index in [9.17, 15) is 14.4 Å². The summed E-state index contributed by atoms with van der Waals surface area (Å²) >= 11 is 0. The molecule has 0 spiro atoms. The first-order chi connectivity index (χ1) is 13.9. The van der Waals surface area contributed by atoms with Crippen molar-refractivity contribution >= 4 is 23.2 Å². The highest BCUT2D eigenvalue weighted by Gasteiger charge is 2.14. The van der Waals surface area contributed by atoms with Crippen LogP contribution < -0.4 is 16.0 Å². The number of aryl methyl sites for hydroxylation is 1. The standard InChI is InChI=1S/C20H22N4O5/c1-4-28-15-8-5-14(6-9-15)7-10-16(25)29-12-11-24-13-21-18-17(24)19(26)23(3)20(27)22(18)2/h5-10,13H,4,11-12H2,1-3H3. The van der Waals surface area contributed by atoms with Crippen LogP contribution in [0.25, 0.3) is 17.2 Å². The van der Waals surface area contributed by atoms with E-state index in [1.54, 1.807) is 17.7 Å². The summed E-state index contributed by atoms with van der Waals surface area (Å²) in [7, 11) is 2.96. The number of rotatable bonds is 7. The van der Waals surface area contributed by atoms with Gasteiger partial charge < -0.3 is 14.0 Å². The summed E-state index contributed by atoms with van der Waals surface area (Å²) < 4.78 is 14.5. The predicted octanol–water partition coefficient (Wildman–Crippen LogP) is 1.09. The van der Waals surface area contributed by atoms with Gasteiger partial charge in [0.05, 0.1) is 19.5 Å². The Bertz CT molecular complexity index is 1170. The monoisotopic (exact) mass is 398 g/mol. The number of hydrogen-bond donors (Lipinski definition) is 0. The van der Waals surface area contributed by atoms with E-state index in [1.807, 2.05) is 31.2 Å². The first kappa shape index (κ1) is 20.1. The third-order valence-corrected chi connectivity index (χ3v) is 4.40. The molecule has 0 aliphatic carbocycles. The van der Waals surface area contributed by atoms with Crippen LogP contribution in [0.4, 0.5) is 0 Å². The average molecular weight is 398 g/mol. The maximum atomic E-state index is 12.4. The van der Waals surface area contributed by atoms with E-state index in [4.69, 9.17) is 9.47 Å². The molecule has 2 heterocycles. The van der Waals surface area contributed by atoms with Gasteiger partial charge in [0, 0.05) is 20.2 Å². The highest BCUT2D eigenvalue weighted by molar-refractivity contribution is 5.87. The number of benzene rings is 1. The van der Waals surface area contributed by atoms with Gasteiger partial charge in [0.2, 0.25) is 0 Å². The third kappa shape index (κ3) is 4.29. The van der Waals surface area contributed by atoms with E-state index in [0.29, 0.717) is 12.3 Å². The Morgan fingerprint density at radius 3 is 2.55 bits per heavy atom. The molecule has 0 aliphatic heterocycles.